The summed E-state index contributed by atoms with van der Waals surface area (Å²) in [5.74, 6) is 2.32. The monoisotopic (exact) mass is 369 g/mol. The van der Waals surface area contributed by atoms with E-state index >= 15 is 0 Å². The van der Waals surface area contributed by atoms with Crippen LogP contribution in [-0.4, -0.2) is 28.7 Å². The smallest absolute Gasteiger partial charge is 0.212 e. The fourth-order valence-electron chi connectivity index (χ4n) is 3.32. The molecule has 0 aliphatic carbocycles. The van der Waals surface area contributed by atoms with Gasteiger partial charge in [-0.25, -0.2) is 9.98 Å². The van der Waals surface area contributed by atoms with Crippen molar-refractivity contribution in [3.63, 3.8) is 0 Å². The summed E-state index contributed by atoms with van der Waals surface area (Å²) in [6.07, 6.45) is 0.442. The molecule has 2 aliphatic rings. The van der Waals surface area contributed by atoms with Crippen LogP contribution in [0.5, 0.6) is 11.5 Å². The van der Waals surface area contributed by atoms with Crippen LogP contribution in [0.4, 0.5) is 5.95 Å². The quantitative estimate of drug-likeness (QED) is 0.688. The minimum Gasteiger partial charge on any atom is -0.489 e. The van der Waals surface area contributed by atoms with Crippen molar-refractivity contribution in [2.45, 2.75) is 12.6 Å². The second-order valence-electron chi connectivity index (χ2n) is 6.18. The molecule has 3 heterocycles. The highest BCUT2D eigenvalue weighted by Crippen LogP contribution is 2.40. The molecule has 7 nitrogen and oxygen atoms in total. The molecule has 0 amide bonds. The first-order valence-electron chi connectivity index (χ1n) is 8.37. The van der Waals surface area contributed by atoms with Crippen LogP contribution in [0.2, 0.25) is 5.02 Å². The lowest BCUT2D eigenvalue weighted by atomic mass is 10.1. The number of hydrogen-bond donors (Lipinski definition) is 2. The van der Waals surface area contributed by atoms with Crippen molar-refractivity contribution in [2.75, 3.05) is 18.5 Å². The largest absolute Gasteiger partial charge is 0.489 e. The van der Waals surface area contributed by atoms with Gasteiger partial charge in [-0.1, -0.05) is 29.8 Å². The van der Waals surface area contributed by atoms with E-state index in [1.165, 1.54) is 0 Å². The maximum Gasteiger partial charge on any atom is 0.212 e. The molecule has 0 fully saturated rings. The minimum absolute atomic E-state index is 0.298. The first kappa shape index (κ1) is 15.3. The first-order chi connectivity index (χ1) is 12.7. The zero-order valence-corrected chi connectivity index (χ0v) is 14.5. The highest BCUT2D eigenvalue weighted by Gasteiger charge is 2.28. The van der Waals surface area contributed by atoms with Gasteiger partial charge in [-0.05, 0) is 6.07 Å². The number of imidazole rings is 1. The Morgan fingerprint density at radius 3 is 2.73 bits per heavy atom. The standard InChI is InChI=1S/C18H16ClN5O2/c19-11-5-2-1-4-10(11)16-22-17(20)23-18-21-12-8-14-15(9-13(12)24(16)18)26-7-3-6-25-14/h1-2,4-5,8-9,16H,3,6-7H2,(H3,20,21,22,23)/t16-/m1/s1. The van der Waals surface area contributed by atoms with Crippen LogP contribution in [0.1, 0.15) is 18.2 Å². The summed E-state index contributed by atoms with van der Waals surface area (Å²) >= 11 is 6.42. The SMILES string of the molecule is NC1=N[C@@H](c2ccccc2Cl)n2c(nc3cc4c(cc32)OCCCO4)N1. The number of guanidine groups is 1. The molecule has 1 atom stereocenters. The summed E-state index contributed by atoms with van der Waals surface area (Å²) in [4.78, 5) is 9.22. The summed E-state index contributed by atoms with van der Waals surface area (Å²) in [6.45, 7) is 1.25. The molecule has 0 radical (unpaired) electrons. The van der Waals surface area contributed by atoms with E-state index < -0.39 is 6.17 Å². The molecule has 8 heteroatoms. The Kier molecular flexibility index (Phi) is 3.43. The van der Waals surface area contributed by atoms with Gasteiger partial charge >= 0.3 is 0 Å². The first-order valence-corrected chi connectivity index (χ1v) is 8.75. The van der Waals surface area contributed by atoms with E-state index in [0.717, 1.165) is 23.0 Å². The van der Waals surface area contributed by atoms with Crippen molar-refractivity contribution < 1.29 is 9.47 Å². The molecule has 0 unspecified atom stereocenters. The van der Waals surface area contributed by atoms with E-state index in [2.05, 4.69) is 15.3 Å². The molecule has 3 N–H and O–H groups in total. The van der Waals surface area contributed by atoms with Gasteiger partial charge in [0.1, 0.15) is 0 Å². The van der Waals surface area contributed by atoms with Crippen LogP contribution in [0.3, 0.4) is 0 Å². The Morgan fingerprint density at radius 2 is 1.92 bits per heavy atom. The van der Waals surface area contributed by atoms with E-state index in [1.54, 1.807) is 0 Å². The normalized spacial score (nSPS) is 18.7. The van der Waals surface area contributed by atoms with Gasteiger partial charge in [0.25, 0.3) is 0 Å². The molecule has 0 saturated heterocycles. The molecule has 2 aromatic carbocycles. The highest BCUT2D eigenvalue weighted by atomic mass is 35.5. The fraction of sp³-hybridized carbons (Fsp3) is 0.222. The number of ether oxygens (including phenoxy) is 2. The molecule has 132 valence electrons. The van der Waals surface area contributed by atoms with Crippen LogP contribution in [-0.2, 0) is 0 Å². The Bertz CT molecular complexity index is 1050. The van der Waals surface area contributed by atoms with Crippen LogP contribution >= 0.6 is 11.6 Å². The summed E-state index contributed by atoms with van der Waals surface area (Å²) in [6, 6.07) is 11.4. The molecule has 26 heavy (non-hydrogen) atoms. The molecule has 0 spiro atoms. The topological polar surface area (TPSA) is 86.7 Å². The Hall–Kier alpha value is -2.93. The third kappa shape index (κ3) is 2.35. The lowest BCUT2D eigenvalue weighted by Gasteiger charge is -2.24. The van der Waals surface area contributed by atoms with Crippen LogP contribution < -0.4 is 20.5 Å². The number of nitrogens with zero attached hydrogens (tertiary/aromatic N) is 3. The van der Waals surface area contributed by atoms with Gasteiger partial charge in [0, 0.05) is 29.1 Å². The fourth-order valence-corrected chi connectivity index (χ4v) is 3.55. The summed E-state index contributed by atoms with van der Waals surface area (Å²) in [5, 5.41) is 3.65. The average Bonchev–Trinajstić information content (AvgIpc) is 2.81. The number of aromatic nitrogens is 2. The van der Waals surface area contributed by atoms with Crippen molar-refractivity contribution in [3.05, 3.63) is 47.0 Å². The predicted octanol–water partition coefficient (Wildman–Crippen LogP) is 3.14. The van der Waals surface area contributed by atoms with E-state index in [1.807, 2.05) is 41.0 Å². The van der Waals surface area contributed by atoms with Gasteiger partial charge in [0.2, 0.25) is 5.95 Å². The number of rotatable bonds is 1. The van der Waals surface area contributed by atoms with Gasteiger partial charge < -0.3 is 15.2 Å². The van der Waals surface area contributed by atoms with Crippen LogP contribution in [0.15, 0.2) is 41.4 Å². The summed E-state index contributed by atoms with van der Waals surface area (Å²) in [7, 11) is 0. The van der Waals surface area contributed by atoms with Gasteiger partial charge in [0.15, 0.2) is 23.6 Å². The predicted molar refractivity (Wildman–Crippen MR) is 100 cm³/mol. The van der Waals surface area contributed by atoms with Crippen LogP contribution in [0, 0.1) is 0 Å². The number of anilines is 1. The number of aliphatic imine (C=N–C) groups is 1. The number of fused-ring (bicyclic) bond motifs is 4. The number of hydrogen-bond acceptors (Lipinski definition) is 6. The van der Waals surface area contributed by atoms with E-state index in [-0.39, 0.29) is 0 Å². The summed E-state index contributed by atoms with van der Waals surface area (Å²) < 4.78 is 13.6. The minimum atomic E-state index is -0.408. The van der Waals surface area contributed by atoms with Crippen molar-refractivity contribution >= 4 is 34.5 Å². The average molecular weight is 370 g/mol. The van der Waals surface area contributed by atoms with E-state index in [9.17, 15) is 0 Å². The lowest BCUT2D eigenvalue weighted by Crippen LogP contribution is -2.31. The molecule has 5 rings (SSSR count). The van der Waals surface area contributed by atoms with E-state index in [4.69, 9.17) is 26.8 Å². The molecule has 1 aromatic heterocycles. The Balaban J connectivity index is 1.74. The molecule has 0 saturated carbocycles. The van der Waals surface area contributed by atoms with Crippen LogP contribution in [0.25, 0.3) is 11.0 Å². The number of nitrogens with one attached hydrogen (secondary N) is 1. The van der Waals surface area contributed by atoms with Gasteiger partial charge in [-0.2, -0.15) is 0 Å². The maximum atomic E-state index is 6.42. The second kappa shape index (κ2) is 5.81. The summed E-state index contributed by atoms with van der Waals surface area (Å²) in [5.41, 5.74) is 8.49. The number of benzene rings is 2. The zero-order chi connectivity index (χ0) is 17.7. The maximum absolute atomic E-state index is 6.42. The van der Waals surface area contributed by atoms with Crippen molar-refractivity contribution in [1.29, 1.82) is 0 Å². The van der Waals surface area contributed by atoms with Gasteiger partial charge in [0.05, 0.1) is 24.2 Å². The third-order valence-corrected chi connectivity index (χ3v) is 4.83. The van der Waals surface area contributed by atoms with E-state index in [0.29, 0.717) is 41.6 Å². The molecule has 2 aliphatic heterocycles. The lowest BCUT2D eigenvalue weighted by molar-refractivity contribution is 0.297. The number of nitrogens with two attached hydrogens (primary N) is 1. The molecular formula is C18H16ClN5O2. The van der Waals surface area contributed by atoms with Crippen molar-refractivity contribution in [2.24, 2.45) is 10.7 Å². The van der Waals surface area contributed by atoms with Gasteiger partial charge in [-0.3, -0.25) is 9.88 Å². The number of halogens is 1. The Morgan fingerprint density at radius 1 is 1.15 bits per heavy atom. The molecule has 3 aromatic rings. The molecular weight excluding hydrogens is 354 g/mol. The van der Waals surface area contributed by atoms with Crippen molar-refractivity contribution in [3.8, 4) is 11.5 Å². The highest BCUT2D eigenvalue weighted by molar-refractivity contribution is 6.31. The second-order valence-corrected chi connectivity index (χ2v) is 6.59. The third-order valence-electron chi connectivity index (χ3n) is 4.49. The zero-order valence-electron chi connectivity index (χ0n) is 13.8. The van der Waals surface area contributed by atoms with Gasteiger partial charge in [-0.15, -0.1) is 0 Å². The Labute approximate surface area is 154 Å². The molecule has 0 bridgehead atoms. The van der Waals surface area contributed by atoms with Crippen molar-refractivity contribution in [1.82, 2.24) is 9.55 Å².